The Morgan fingerprint density at radius 1 is 1.09 bits per heavy atom. The highest BCUT2D eigenvalue weighted by Gasteiger charge is 2.28. The smallest absolute Gasteiger partial charge is 0.253 e. The van der Waals surface area contributed by atoms with E-state index in [0.29, 0.717) is 37.8 Å². The Labute approximate surface area is 190 Å². The fraction of sp³-hybridized carbons (Fsp3) is 0.481. The predicted molar refractivity (Wildman–Crippen MR) is 126 cm³/mol. The third kappa shape index (κ3) is 4.31. The summed E-state index contributed by atoms with van der Waals surface area (Å²) in [4.78, 5) is 14.6. The summed E-state index contributed by atoms with van der Waals surface area (Å²) >= 11 is 0. The highest BCUT2D eigenvalue weighted by molar-refractivity contribution is 5.94. The summed E-state index contributed by atoms with van der Waals surface area (Å²) in [6.07, 6.45) is 10.1. The van der Waals surface area contributed by atoms with Gasteiger partial charge in [-0.15, -0.1) is 0 Å². The molecule has 2 aromatic heterocycles. The van der Waals surface area contributed by atoms with E-state index in [2.05, 4.69) is 36.3 Å². The number of hydrogen-bond donors (Lipinski definition) is 1. The molecule has 5 nitrogen and oxygen atoms in total. The first-order valence-corrected chi connectivity index (χ1v) is 12.1. The van der Waals surface area contributed by atoms with Crippen molar-refractivity contribution in [3.8, 4) is 0 Å². The van der Waals surface area contributed by atoms with Crippen LogP contribution in [0.2, 0.25) is 0 Å². The summed E-state index contributed by atoms with van der Waals surface area (Å²) in [6, 6.07) is 14.6. The van der Waals surface area contributed by atoms with Crippen LogP contribution in [-0.4, -0.2) is 44.7 Å². The maximum absolute atomic E-state index is 12.8. The summed E-state index contributed by atoms with van der Waals surface area (Å²) in [5, 5.41) is 14.2. The molecule has 0 bridgehead atoms. The van der Waals surface area contributed by atoms with Crippen LogP contribution in [0.25, 0.3) is 5.52 Å². The lowest BCUT2D eigenvalue weighted by Crippen LogP contribution is -2.40. The number of hydrogen-bond acceptors (Lipinski definition) is 3. The van der Waals surface area contributed by atoms with Crippen molar-refractivity contribution in [3.63, 3.8) is 0 Å². The second kappa shape index (κ2) is 9.07. The number of amides is 1. The van der Waals surface area contributed by atoms with Gasteiger partial charge in [-0.2, -0.15) is 5.10 Å². The predicted octanol–water partition coefficient (Wildman–Crippen LogP) is 5.01. The Morgan fingerprint density at radius 2 is 1.88 bits per heavy atom. The summed E-state index contributed by atoms with van der Waals surface area (Å²) in [5.41, 5.74) is 4.70. The largest absolute Gasteiger partial charge is 0.393 e. The zero-order chi connectivity index (χ0) is 22.1. The lowest BCUT2D eigenvalue weighted by molar-refractivity contribution is 0.0546. The molecule has 2 aliphatic rings. The van der Waals surface area contributed by atoms with Gasteiger partial charge in [-0.05, 0) is 86.1 Å². The van der Waals surface area contributed by atoms with Crippen molar-refractivity contribution in [2.75, 3.05) is 13.1 Å². The van der Waals surface area contributed by atoms with Gasteiger partial charge in [0, 0.05) is 30.4 Å². The molecule has 3 atom stereocenters. The fourth-order valence-electron chi connectivity index (χ4n) is 5.70. The van der Waals surface area contributed by atoms with Crippen molar-refractivity contribution in [2.24, 2.45) is 5.92 Å². The minimum atomic E-state index is -0.257. The van der Waals surface area contributed by atoms with Crippen molar-refractivity contribution >= 4 is 11.4 Å². The molecule has 5 rings (SSSR count). The molecule has 1 aliphatic carbocycles. The molecule has 32 heavy (non-hydrogen) atoms. The Kier molecular flexibility index (Phi) is 6.01. The number of pyridine rings is 1. The number of rotatable bonds is 5. The fourth-order valence-corrected chi connectivity index (χ4v) is 5.70. The van der Waals surface area contributed by atoms with Gasteiger partial charge in [0.1, 0.15) is 0 Å². The number of aliphatic hydroxyl groups is 1. The zero-order valence-electron chi connectivity index (χ0n) is 18.9. The number of carbonyl (C=O) groups excluding carboxylic acids is 1. The van der Waals surface area contributed by atoms with Crippen LogP contribution < -0.4 is 0 Å². The van der Waals surface area contributed by atoms with Crippen LogP contribution >= 0.6 is 0 Å². The van der Waals surface area contributed by atoms with Crippen molar-refractivity contribution in [1.82, 2.24) is 14.5 Å². The number of aliphatic hydroxyl groups excluding tert-OH is 1. The number of benzene rings is 1. The van der Waals surface area contributed by atoms with Crippen molar-refractivity contribution in [3.05, 3.63) is 71.5 Å². The first-order chi connectivity index (χ1) is 15.6. The molecule has 1 aromatic carbocycles. The highest BCUT2D eigenvalue weighted by atomic mass is 16.3. The molecule has 2 fully saturated rings. The number of likely N-dealkylation sites (tertiary alicyclic amines) is 1. The minimum Gasteiger partial charge on any atom is -0.393 e. The molecule has 5 heteroatoms. The molecule has 1 N–H and O–H groups in total. The van der Waals surface area contributed by atoms with Gasteiger partial charge >= 0.3 is 0 Å². The van der Waals surface area contributed by atoms with Gasteiger partial charge in [-0.25, -0.2) is 4.52 Å². The molecule has 1 saturated heterocycles. The van der Waals surface area contributed by atoms with Crippen molar-refractivity contribution < 1.29 is 9.90 Å². The molecule has 168 valence electrons. The minimum absolute atomic E-state index is 0.0926. The normalized spacial score (nSPS) is 23.0. The van der Waals surface area contributed by atoms with Crippen LogP contribution in [0.15, 0.2) is 54.9 Å². The van der Waals surface area contributed by atoms with Crippen LogP contribution in [0.5, 0.6) is 0 Å². The van der Waals surface area contributed by atoms with Gasteiger partial charge < -0.3 is 10.0 Å². The molecule has 0 spiro atoms. The summed E-state index contributed by atoms with van der Waals surface area (Å²) < 4.78 is 1.97. The van der Waals surface area contributed by atoms with Crippen LogP contribution in [0.4, 0.5) is 0 Å². The second-order valence-corrected chi connectivity index (χ2v) is 9.79. The Bertz CT molecular complexity index is 1070. The van der Waals surface area contributed by atoms with E-state index in [0.717, 1.165) is 11.5 Å². The molecule has 1 unspecified atom stereocenters. The molecular formula is C27H33N3O2. The molecule has 1 saturated carbocycles. The van der Waals surface area contributed by atoms with Crippen LogP contribution in [-0.2, 0) is 0 Å². The Balaban J connectivity index is 1.18. The van der Waals surface area contributed by atoms with Crippen LogP contribution in [0.3, 0.4) is 0 Å². The van der Waals surface area contributed by atoms with Gasteiger partial charge in [0.2, 0.25) is 0 Å². The van der Waals surface area contributed by atoms with Crippen LogP contribution in [0, 0.1) is 5.92 Å². The van der Waals surface area contributed by atoms with Gasteiger partial charge in [0.05, 0.1) is 17.8 Å². The monoisotopic (exact) mass is 431 g/mol. The van der Waals surface area contributed by atoms with E-state index in [4.69, 9.17) is 0 Å². The van der Waals surface area contributed by atoms with E-state index in [1.54, 1.807) is 0 Å². The number of carbonyl (C=O) groups is 1. The number of piperidine rings is 1. The van der Waals surface area contributed by atoms with E-state index >= 15 is 0 Å². The van der Waals surface area contributed by atoms with Crippen LogP contribution in [0.1, 0.15) is 78.8 Å². The van der Waals surface area contributed by atoms with E-state index in [-0.39, 0.29) is 12.0 Å². The summed E-state index contributed by atoms with van der Waals surface area (Å²) in [5.74, 6) is 1.91. The first kappa shape index (κ1) is 21.2. The molecule has 0 radical (unpaired) electrons. The molecule has 1 aliphatic heterocycles. The first-order valence-electron chi connectivity index (χ1n) is 12.1. The molecular weight excluding hydrogens is 398 g/mol. The Hall–Kier alpha value is -2.66. The second-order valence-electron chi connectivity index (χ2n) is 9.79. The third-order valence-electron chi connectivity index (χ3n) is 7.60. The zero-order valence-corrected chi connectivity index (χ0v) is 18.9. The van der Waals surface area contributed by atoms with Gasteiger partial charge in [0.15, 0.2) is 0 Å². The topological polar surface area (TPSA) is 57.8 Å². The van der Waals surface area contributed by atoms with Crippen molar-refractivity contribution in [1.29, 1.82) is 0 Å². The maximum Gasteiger partial charge on any atom is 0.253 e. The van der Waals surface area contributed by atoms with Crippen molar-refractivity contribution in [2.45, 2.75) is 63.4 Å². The summed E-state index contributed by atoms with van der Waals surface area (Å²) in [6.45, 7) is 3.63. The van der Waals surface area contributed by atoms with Gasteiger partial charge in [-0.1, -0.05) is 25.1 Å². The molecule has 1 amide bonds. The lowest BCUT2D eigenvalue weighted by atomic mass is 9.88. The average molecular weight is 432 g/mol. The Morgan fingerprint density at radius 3 is 2.66 bits per heavy atom. The lowest BCUT2D eigenvalue weighted by Gasteiger charge is -2.29. The number of fused-ring (bicyclic) bond motifs is 1. The number of aromatic nitrogens is 2. The SMILES string of the molecule is C[C@@H](CC1CC[C@H](c2ccc(C(=O)N3CCC(O)CC3)cc2)C1)c1cnn2ccccc12. The third-order valence-corrected chi connectivity index (χ3v) is 7.60. The highest BCUT2D eigenvalue weighted by Crippen LogP contribution is 2.42. The van der Waals surface area contributed by atoms with Gasteiger partial charge in [0.25, 0.3) is 5.91 Å². The van der Waals surface area contributed by atoms with E-state index in [1.807, 2.05) is 40.0 Å². The quantitative estimate of drug-likeness (QED) is 0.618. The molecule has 3 aromatic rings. The number of nitrogens with zero attached hydrogens (tertiary/aromatic N) is 3. The average Bonchev–Trinajstić information content (AvgIpc) is 3.46. The van der Waals surface area contributed by atoms with E-state index in [1.165, 1.54) is 42.3 Å². The standard InChI is InChI=1S/C27H33N3O2/c1-19(25-18-28-30-13-3-2-4-26(25)30)16-20-5-6-23(17-20)21-7-9-22(10-8-21)27(32)29-14-11-24(31)12-15-29/h2-4,7-10,13,18-20,23-24,31H,5-6,11-12,14-17H2,1H3/t19-,20?,23-/m0/s1. The van der Waals surface area contributed by atoms with E-state index in [9.17, 15) is 9.90 Å². The van der Waals surface area contributed by atoms with Gasteiger partial charge in [-0.3, -0.25) is 4.79 Å². The summed E-state index contributed by atoms with van der Waals surface area (Å²) in [7, 11) is 0. The molecule has 3 heterocycles. The van der Waals surface area contributed by atoms with E-state index < -0.39 is 0 Å². The maximum atomic E-state index is 12.8.